The quantitative estimate of drug-likeness (QED) is 0.282. The molecule has 6 heteroatoms. The molecule has 0 N–H and O–H groups in total. The highest BCUT2D eigenvalue weighted by Gasteiger charge is 2.37. The summed E-state index contributed by atoms with van der Waals surface area (Å²) in [6, 6.07) is 0. The van der Waals surface area contributed by atoms with Crippen molar-refractivity contribution in [2.75, 3.05) is 13.7 Å². The molecule has 0 spiro atoms. The molecule has 1 rings (SSSR count). The van der Waals surface area contributed by atoms with E-state index < -0.39 is 11.4 Å². The van der Waals surface area contributed by atoms with Crippen molar-refractivity contribution in [2.24, 2.45) is 0 Å². The minimum atomic E-state index is -1.03. The van der Waals surface area contributed by atoms with Crippen LogP contribution in [0, 0.1) is 0 Å². The van der Waals surface area contributed by atoms with Gasteiger partial charge in [0.1, 0.15) is 0 Å². The van der Waals surface area contributed by atoms with Crippen LogP contribution in [0.15, 0.2) is 11.1 Å². The monoisotopic (exact) mass is 327 g/mol. The van der Waals surface area contributed by atoms with Crippen LogP contribution < -0.4 is 0 Å². The molecule has 0 radical (unpaired) electrons. The molecule has 6 nitrogen and oxygen atoms in total. The summed E-state index contributed by atoms with van der Waals surface area (Å²) in [6.45, 7) is 11.2. The van der Waals surface area contributed by atoms with Crippen LogP contribution in [0.4, 0.5) is 0 Å². The predicted octanol–water partition coefficient (Wildman–Crippen LogP) is 2.97. The Bertz CT molecular complexity index is 473. The molecule has 132 valence electrons. The first kappa shape index (κ1) is 19.8. The Hall–Kier alpha value is -1.24. The van der Waals surface area contributed by atoms with Gasteiger partial charge in [-0.2, -0.15) is 0 Å². The second kappa shape index (κ2) is 7.55. The Morgan fingerprint density at radius 1 is 0.957 bits per heavy atom. The molecule has 1 heterocycles. The number of carbonyl (C=O) groups excluding carboxylic acids is 2. The van der Waals surface area contributed by atoms with Gasteiger partial charge < -0.3 is 4.74 Å². The largest absolute Gasteiger partial charge is 0.351 e. The molecule has 1 aliphatic heterocycles. The summed E-state index contributed by atoms with van der Waals surface area (Å²) in [5.74, 6) is -1.54. The van der Waals surface area contributed by atoms with Gasteiger partial charge in [0.05, 0.1) is 5.60 Å². The molecular weight excluding hydrogens is 298 g/mol. The van der Waals surface area contributed by atoms with Crippen molar-refractivity contribution in [3.8, 4) is 0 Å². The minimum absolute atomic E-state index is 0.217. The number of ether oxygens (including phenoxy) is 1. The van der Waals surface area contributed by atoms with E-state index in [0.717, 1.165) is 12.8 Å². The second-order valence-corrected chi connectivity index (χ2v) is 6.78. The second-order valence-electron chi connectivity index (χ2n) is 6.78. The molecule has 0 aromatic heterocycles. The van der Waals surface area contributed by atoms with Gasteiger partial charge in [0.25, 0.3) is 11.8 Å². The average Bonchev–Trinajstić information content (AvgIpc) is 2.68. The highest BCUT2D eigenvalue weighted by Crippen LogP contribution is 2.26. The van der Waals surface area contributed by atoms with Crippen molar-refractivity contribution < 1.29 is 24.1 Å². The summed E-state index contributed by atoms with van der Waals surface area (Å²) in [4.78, 5) is 36.4. The van der Waals surface area contributed by atoms with E-state index in [9.17, 15) is 9.59 Å². The van der Waals surface area contributed by atoms with E-state index in [1.807, 2.05) is 13.8 Å². The van der Waals surface area contributed by atoms with Gasteiger partial charge in [-0.05, 0) is 41.0 Å². The molecular formula is C17H29NO5. The lowest BCUT2D eigenvalue weighted by molar-refractivity contribution is -0.455. The van der Waals surface area contributed by atoms with Crippen LogP contribution in [0.2, 0.25) is 0 Å². The fourth-order valence-electron chi connectivity index (χ4n) is 2.36. The zero-order chi connectivity index (χ0) is 17.8. The molecule has 1 atom stereocenters. The SMILES string of the molecule is CCCC(C)(C)OOC(C)(CCN1C(=O)C(C)=C(C)C1=O)OC. The number of nitrogens with zero attached hydrogens (tertiary/aromatic N) is 1. The van der Waals surface area contributed by atoms with Gasteiger partial charge >= 0.3 is 0 Å². The maximum absolute atomic E-state index is 12.1. The standard InChI is InChI=1S/C17H29NO5/c1-8-9-16(4,5)22-23-17(6,21-7)10-11-18-14(19)12(2)13(3)15(18)20/h8-11H2,1-7H3. The Morgan fingerprint density at radius 3 is 1.91 bits per heavy atom. The Labute approximate surface area is 138 Å². The predicted molar refractivity (Wildman–Crippen MR) is 86.3 cm³/mol. The van der Waals surface area contributed by atoms with E-state index >= 15 is 0 Å². The fraction of sp³-hybridized carbons (Fsp3) is 0.765. The minimum Gasteiger partial charge on any atom is -0.351 e. The summed E-state index contributed by atoms with van der Waals surface area (Å²) in [6.07, 6.45) is 2.14. The van der Waals surface area contributed by atoms with Crippen molar-refractivity contribution in [3.63, 3.8) is 0 Å². The number of methoxy groups -OCH3 is 1. The topological polar surface area (TPSA) is 65.1 Å². The molecule has 23 heavy (non-hydrogen) atoms. The molecule has 1 aliphatic rings. The normalized spacial score (nSPS) is 18.8. The first-order valence-corrected chi connectivity index (χ1v) is 8.02. The summed E-state index contributed by atoms with van der Waals surface area (Å²) in [5.41, 5.74) is 0.563. The highest BCUT2D eigenvalue weighted by molar-refractivity contribution is 6.18. The van der Waals surface area contributed by atoms with E-state index in [0.29, 0.717) is 17.6 Å². The van der Waals surface area contributed by atoms with Crippen LogP contribution in [0.3, 0.4) is 0 Å². The Balaban J connectivity index is 2.63. The number of hydrogen-bond donors (Lipinski definition) is 0. The lowest BCUT2D eigenvalue weighted by atomic mass is 10.0. The summed E-state index contributed by atoms with van der Waals surface area (Å²) < 4.78 is 5.39. The first-order valence-electron chi connectivity index (χ1n) is 8.02. The first-order chi connectivity index (χ1) is 10.6. The summed E-state index contributed by atoms with van der Waals surface area (Å²) in [5, 5.41) is 0. The average molecular weight is 327 g/mol. The van der Waals surface area contributed by atoms with Crippen molar-refractivity contribution in [2.45, 2.75) is 72.2 Å². The third-order valence-corrected chi connectivity index (χ3v) is 4.21. The van der Waals surface area contributed by atoms with Crippen LogP contribution in [0.1, 0.15) is 60.8 Å². The van der Waals surface area contributed by atoms with Crippen molar-refractivity contribution >= 4 is 11.8 Å². The lowest BCUT2D eigenvalue weighted by Crippen LogP contribution is -2.41. The summed E-state index contributed by atoms with van der Waals surface area (Å²) >= 11 is 0. The highest BCUT2D eigenvalue weighted by atomic mass is 17.2. The van der Waals surface area contributed by atoms with Crippen molar-refractivity contribution in [1.82, 2.24) is 4.90 Å². The third kappa shape index (κ3) is 4.86. The van der Waals surface area contributed by atoms with Gasteiger partial charge in [-0.25, -0.2) is 9.78 Å². The Morgan fingerprint density at radius 2 is 1.48 bits per heavy atom. The number of imide groups is 1. The van der Waals surface area contributed by atoms with Gasteiger partial charge in [0.2, 0.25) is 0 Å². The maximum Gasteiger partial charge on any atom is 0.256 e. The van der Waals surface area contributed by atoms with Crippen LogP contribution in [0.25, 0.3) is 0 Å². The van der Waals surface area contributed by atoms with Gasteiger partial charge in [-0.3, -0.25) is 14.5 Å². The molecule has 1 unspecified atom stereocenters. The van der Waals surface area contributed by atoms with Crippen LogP contribution in [-0.2, 0) is 24.1 Å². The molecule has 0 aliphatic carbocycles. The van der Waals surface area contributed by atoms with Gasteiger partial charge in [0.15, 0.2) is 5.79 Å². The van der Waals surface area contributed by atoms with Gasteiger partial charge in [-0.15, -0.1) is 0 Å². The van der Waals surface area contributed by atoms with Gasteiger partial charge in [0, 0.05) is 31.2 Å². The van der Waals surface area contributed by atoms with E-state index in [1.165, 1.54) is 12.0 Å². The number of rotatable bonds is 9. The fourth-order valence-corrected chi connectivity index (χ4v) is 2.36. The zero-order valence-electron chi connectivity index (χ0n) is 15.3. The molecule has 0 bridgehead atoms. The molecule has 0 fully saturated rings. The zero-order valence-corrected chi connectivity index (χ0v) is 15.3. The Kier molecular flexibility index (Phi) is 6.50. The number of carbonyl (C=O) groups is 2. The number of amides is 2. The van der Waals surface area contributed by atoms with E-state index in [2.05, 4.69) is 6.92 Å². The summed E-state index contributed by atoms with van der Waals surface area (Å²) in [7, 11) is 1.51. The van der Waals surface area contributed by atoms with Gasteiger partial charge in [-0.1, -0.05) is 13.3 Å². The lowest BCUT2D eigenvalue weighted by Gasteiger charge is -2.32. The van der Waals surface area contributed by atoms with Crippen molar-refractivity contribution in [1.29, 1.82) is 0 Å². The van der Waals surface area contributed by atoms with Crippen LogP contribution >= 0.6 is 0 Å². The molecule has 0 saturated heterocycles. The van der Waals surface area contributed by atoms with E-state index in [4.69, 9.17) is 14.5 Å². The molecule has 2 amide bonds. The third-order valence-electron chi connectivity index (χ3n) is 4.21. The number of hydrogen-bond acceptors (Lipinski definition) is 5. The van der Waals surface area contributed by atoms with Crippen molar-refractivity contribution in [3.05, 3.63) is 11.1 Å². The maximum atomic E-state index is 12.1. The van der Waals surface area contributed by atoms with E-state index in [1.54, 1.807) is 20.8 Å². The van der Waals surface area contributed by atoms with Crippen LogP contribution in [-0.4, -0.2) is 41.8 Å². The molecule has 0 saturated carbocycles. The van der Waals surface area contributed by atoms with Crippen LogP contribution in [0.5, 0.6) is 0 Å². The molecule has 0 aromatic carbocycles. The van der Waals surface area contributed by atoms with E-state index in [-0.39, 0.29) is 18.4 Å². The smallest absolute Gasteiger partial charge is 0.256 e. The molecule has 0 aromatic rings.